The third-order valence-corrected chi connectivity index (χ3v) is 6.65. The zero-order valence-electron chi connectivity index (χ0n) is 20.7. The Balaban J connectivity index is 1.60. The van der Waals surface area contributed by atoms with Gasteiger partial charge in [0, 0.05) is 23.8 Å². The number of benzene rings is 4. The van der Waals surface area contributed by atoms with Gasteiger partial charge in [0.1, 0.15) is 0 Å². The fraction of sp³-hybridized carbons (Fsp3) is 0.156. The summed E-state index contributed by atoms with van der Waals surface area (Å²) in [5.74, 6) is 0. The number of hydrogen-bond donors (Lipinski definition) is 1. The molecule has 0 bridgehead atoms. The molecule has 186 valence electrons. The summed E-state index contributed by atoms with van der Waals surface area (Å²) in [5.41, 5.74) is 7.36. The molecule has 2 nitrogen and oxygen atoms in total. The lowest BCUT2D eigenvalue weighted by molar-refractivity contribution is -0.136. The quantitative estimate of drug-likeness (QED) is 0.254. The molecule has 0 unspecified atom stereocenters. The average molecular weight is 497 g/mol. The molecule has 4 aromatic carbocycles. The summed E-state index contributed by atoms with van der Waals surface area (Å²) in [6.07, 6.45) is -2.33. The van der Waals surface area contributed by atoms with Gasteiger partial charge >= 0.3 is 6.18 Å². The monoisotopic (exact) mass is 496 g/mol. The largest absolute Gasteiger partial charge is 0.418 e. The van der Waals surface area contributed by atoms with Gasteiger partial charge in [-0.1, -0.05) is 78.4 Å². The van der Waals surface area contributed by atoms with E-state index in [1.165, 1.54) is 22.8 Å². The van der Waals surface area contributed by atoms with Crippen LogP contribution in [0.15, 0.2) is 97.2 Å². The van der Waals surface area contributed by atoms with Gasteiger partial charge < -0.3 is 5.32 Å². The number of rotatable bonds is 6. The van der Waals surface area contributed by atoms with Gasteiger partial charge in [-0.3, -0.25) is 4.98 Å². The average Bonchev–Trinajstić information content (AvgIpc) is 2.88. The zero-order chi connectivity index (χ0) is 26.0. The van der Waals surface area contributed by atoms with Crippen molar-refractivity contribution in [2.24, 2.45) is 0 Å². The molecule has 37 heavy (non-hydrogen) atoms. The zero-order valence-corrected chi connectivity index (χ0v) is 20.7. The van der Waals surface area contributed by atoms with Gasteiger partial charge in [-0.25, -0.2) is 0 Å². The number of aromatic nitrogens is 1. The molecule has 0 fully saturated rings. The molecule has 5 aromatic rings. The Hall–Kier alpha value is -4.12. The maximum absolute atomic E-state index is 13.8. The Labute approximate surface area is 214 Å². The molecule has 0 aliphatic carbocycles. The molecule has 1 aromatic heterocycles. The number of alkyl halides is 3. The molecule has 0 atom stereocenters. The summed E-state index contributed by atoms with van der Waals surface area (Å²) in [5, 5.41) is 3.98. The molecule has 0 aliphatic heterocycles. The van der Waals surface area contributed by atoms with Crippen LogP contribution >= 0.6 is 0 Å². The van der Waals surface area contributed by atoms with E-state index in [2.05, 4.69) is 42.3 Å². The Morgan fingerprint density at radius 2 is 1.57 bits per heavy atom. The number of halogens is 3. The molecule has 1 heterocycles. The number of fused-ring (bicyclic) bond motifs is 1. The van der Waals surface area contributed by atoms with Crippen molar-refractivity contribution in [2.45, 2.75) is 33.0 Å². The summed E-state index contributed by atoms with van der Waals surface area (Å²) in [4.78, 5) is 4.31. The summed E-state index contributed by atoms with van der Waals surface area (Å²) in [6, 6.07) is 28.4. The summed E-state index contributed by atoms with van der Waals surface area (Å²) in [6.45, 7) is 4.82. The highest BCUT2D eigenvalue weighted by Crippen LogP contribution is 2.39. The Morgan fingerprint density at radius 3 is 2.32 bits per heavy atom. The molecule has 0 aliphatic rings. The fourth-order valence-electron chi connectivity index (χ4n) is 4.81. The van der Waals surface area contributed by atoms with Crippen LogP contribution in [0, 0.1) is 13.8 Å². The second-order valence-electron chi connectivity index (χ2n) is 9.38. The lowest BCUT2D eigenvalue weighted by atomic mass is 9.91. The number of aryl methyl sites for hydroxylation is 2. The minimum atomic E-state index is -4.49. The predicted octanol–water partition coefficient (Wildman–Crippen LogP) is 8.74. The van der Waals surface area contributed by atoms with Crippen molar-refractivity contribution in [3.05, 3.63) is 131 Å². The molecule has 5 heteroatoms. The minimum absolute atomic E-state index is 0.0320. The Kier molecular flexibility index (Phi) is 6.70. The van der Waals surface area contributed by atoms with E-state index in [0.717, 1.165) is 34.0 Å². The lowest BCUT2D eigenvalue weighted by Gasteiger charge is -2.17. The van der Waals surface area contributed by atoms with E-state index in [4.69, 9.17) is 0 Å². The Bertz CT molecular complexity index is 1560. The van der Waals surface area contributed by atoms with Crippen molar-refractivity contribution >= 4 is 16.6 Å². The van der Waals surface area contributed by atoms with Crippen LogP contribution < -0.4 is 5.32 Å². The van der Waals surface area contributed by atoms with E-state index in [1.54, 1.807) is 12.3 Å². The molecule has 0 spiro atoms. The normalized spacial score (nSPS) is 11.6. The van der Waals surface area contributed by atoms with Crippen LogP contribution in [0.3, 0.4) is 0 Å². The first-order chi connectivity index (χ1) is 17.8. The number of anilines is 1. The number of hydrogen-bond acceptors (Lipinski definition) is 2. The van der Waals surface area contributed by atoms with E-state index >= 15 is 0 Å². The molecule has 0 saturated heterocycles. The van der Waals surface area contributed by atoms with Gasteiger partial charge in [0.05, 0.1) is 11.1 Å². The third-order valence-electron chi connectivity index (χ3n) is 6.65. The van der Waals surface area contributed by atoms with Crippen LogP contribution in [-0.4, -0.2) is 4.98 Å². The fourth-order valence-corrected chi connectivity index (χ4v) is 4.81. The van der Waals surface area contributed by atoms with Gasteiger partial charge in [0.15, 0.2) is 0 Å². The van der Waals surface area contributed by atoms with Crippen LogP contribution in [0.4, 0.5) is 18.9 Å². The van der Waals surface area contributed by atoms with Gasteiger partial charge in [0.25, 0.3) is 0 Å². The van der Waals surface area contributed by atoms with Gasteiger partial charge in [-0.05, 0) is 71.8 Å². The maximum atomic E-state index is 13.8. The van der Waals surface area contributed by atoms with Gasteiger partial charge in [0.2, 0.25) is 0 Å². The lowest BCUT2D eigenvalue weighted by Crippen LogP contribution is -2.07. The molecule has 0 radical (unpaired) electrons. The van der Waals surface area contributed by atoms with Crippen molar-refractivity contribution < 1.29 is 13.2 Å². The van der Waals surface area contributed by atoms with E-state index in [0.29, 0.717) is 18.4 Å². The van der Waals surface area contributed by atoms with Crippen LogP contribution in [0.5, 0.6) is 0 Å². The maximum Gasteiger partial charge on any atom is 0.418 e. The summed E-state index contributed by atoms with van der Waals surface area (Å²) in [7, 11) is 0. The predicted molar refractivity (Wildman–Crippen MR) is 145 cm³/mol. The second-order valence-corrected chi connectivity index (χ2v) is 9.38. The molecule has 0 saturated carbocycles. The summed E-state index contributed by atoms with van der Waals surface area (Å²) < 4.78 is 41.5. The summed E-state index contributed by atoms with van der Waals surface area (Å²) >= 11 is 0. The molecular formula is C32H27F3N2. The number of pyridine rings is 1. The van der Waals surface area contributed by atoms with Crippen LogP contribution in [0.1, 0.15) is 33.4 Å². The first kappa shape index (κ1) is 24.6. The second kappa shape index (κ2) is 10.1. The van der Waals surface area contributed by atoms with Gasteiger partial charge in [-0.2, -0.15) is 13.2 Å². The van der Waals surface area contributed by atoms with Crippen molar-refractivity contribution in [3.63, 3.8) is 0 Å². The minimum Gasteiger partial charge on any atom is -0.381 e. The highest BCUT2D eigenvalue weighted by molar-refractivity contribution is 5.98. The third kappa shape index (κ3) is 5.36. The molecule has 1 N–H and O–H groups in total. The highest BCUT2D eigenvalue weighted by Gasteiger charge is 2.33. The molecule has 0 amide bonds. The highest BCUT2D eigenvalue weighted by atomic mass is 19.4. The van der Waals surface area contributed by atoms with E-state index in [9.17, 15) is 13.2 Å². The van der Waals surface area contributed by atoms with Crippen molar-refractivity contribution in [2.75, 3.05) is 5.32 Å². The molecule has 5 rings (SSSR count). The van der Waals surface area contributed by atoms with E-state index in [1.807, 2.05) is 54.6 Å². The number of nitrogens with zero attached hydrogens (tertiary/aromatic N) is 1. The molecular weight excluding hydrogens is 469 g/mol. The van der Waals surface area contributed by atoms with Gasteiger partial charge in [-0.15, -0.1) is 0 Å². The first-order valence-electron chi connectivity index (χ1n) is 12.2. The van der Waals surface area contributed by atoms with E-state index in [-0.39, 0.29) is 5.52 Å². The topological polar surface area (TPSA) is 24.9 Å². The first-order valence-corrected chi connectivity index (χ1v) is 12.2. The van der Waals surface area contributed by atoms with Crippen LogP contribution in [-0.2, 0) is 19.1 Å². The standard InChI is InChI=1S/C32H27F3N2/c1-21-14-15-25(22(2)16-21)19-36-27-11-6-10-24(18-27)30-26(17-23-8-4-3-5-9-23)20-37-31-28(30)12-7-13-29(31)32(33,34)35/h3-16,18,20,36H,17,19H2,1-2H3. The SMILES string of the molecule is Cc1ccc(CNc2cccc(-c3c(Cc4ccccc4)cnc4c(C(F)(F)F)cccc34)c2)c(C)c1. The van der Waals surface area contributed by atoms with Crippen LogP contribution in [0.25, 0.3) is 22.0 Å². The van der Waals surface area contributed by atoms with E-state index < -0.39 is 11.7 Å². The number of nitrogens with one attached hydrogen (secondary N) is 1. The smallest absolute Gasteiger partial charge is 0.381 e. The number of para-hydroxylation sites is 1. The van der Waals surface area contributed by atoms with Crippen molar-refractivity contribution in [3.8, 4) is 11.1 Å². The Morgan fingerprint density at radius 1 is 0.784 bits per heavy atom. The van der Waals surface area contributed by atoms with Crippen molar-refractivity contribution in [1.29, 1.82) is 0 Å². The van der Waals surface area contributed by atoms with Crippen molar-refractivity contribution in [1.82, 2.24) is 4.98 Å². The van der Waals surface area contributed by atoms with Crippen LogP contribution in [0.2, 0.25) is 0 Å².